The number of benzene rings is 4. The molecule has 0 N–H and O–H groups in total. The zero-order chi connectivity index (χ0) is 23.3. The number of carbonyl (C=O) groups excluding carboxylic acids is 2. The molecule has 0 aliphatic heterocycles. The zero-order valence-corrected chi connectivity index (χ0v) is 18.7. The Hall–Kier alpha value is -3.92. The van der Waals surface area contributed by atoms with Gasteiger partial charge in [-0.2, -0.15) is 0 Å². The molecule has 1 unspecified atom stereocenters. The fourth-order valence-electron chi connectivity index (χ4n) is 3.89. The molecule has 0 saturated carbocycles. The van der Waals surface area contributed by atoms with E-state index in [9.17, 15) is 9.59 Å². The second kappa shape index (κ2) is 9.70. The van der Waals surface area contributed by atoms with E-state index in [0.717, 1.165) is 16.3 Å². The number of esters is 2. The Morgan fingerprint density at radius 2 is 1.18 bits per heavy atom. The molecule has 33 heavy (non-hydrogen) atoms. The van der Waals surface area contributed by atoms with Crippen molar-refractivity contribution in [2.75, 3.05) is 0 Å². The number of hydrogen-bond acceptors (Lipinski definition) is 4. The minimum atomic E-state index is -1.53. The fraction of sp³-hybridized carbons (Fsp3) is 0.172. The Bertz CT molecular complexity index is 1190. The summed E-state index contributed by atoms with van der Waals surface area (Å²) in [5.74, 6) is -0.891. The molecule has 0 fully saturated rings. The maximum atomic E-state index is 13.4. The van der Waals surface area contributed by atoms with E-state index in [0.29, 0.717) is 17.9 Å². The van der Waals surface area contributed by atoms with Crippen molar-refractivity contribution in [3.05, 3.63) is 109 Å². The van der Waals surface area contributed by atoms with Crippen molar-refractivity contribution in [1.29, 1.82) is 0 Å². The highest BCUT2D eigenvalue weighted by atomic mass is 16.6. The van der Waals surface area contributed by atoms with Gasteiger partial charge in [-0.1, -0.05) is 85.8 Å². The Morgan fingerprint density at radius 1 is 0.697 bits per heavy atom. The first kappa shape index (κ1) is 22.3. The third kappa shape index (κ3) is 4.80. The van der Waals surface area contributed by atoms with Gasteiger partial charge in [-0.25, -0.2) is 0 Å². The molecule has 0 heterocycles. The van der Waals surface area contributed by atoms with Gasteiger partial charge in [0.1, 0.15) is 11.5 Å². The summed E-state index contributed by atoms with van der Waals surface area (Å²) in [5, 5.41) is 2.21. The van der Waals surface area contributed by atoms with Crippen LogP contribution in [0.3, 0.4) is 0 Å². The lowest BCUT2D eigenvalue weighted by Crippen LogP contribution is -2.47. The van der Waals surface area contributed by atoms with Crippen LogP contribution >= 0.6 is 0 Å². The standard InChI is InChI=1S/C29H26O4/c1-21(20-23-14-11-13-22-12-9-10-19-26(22)23)29(2,27(30)32-24-15-5-3-6-16-24)28(31)33-25-17-7-4-8-18-25/h3-19,21H,20H2,1-2H3. The predicted molar refractivity (Wildman–Crippen MR) is 129 cm³/mol. The molecular formula is C29H26O4. The summed E-state index contributed by atoms with van der Waals surface area (Å²) in [6, 6.07) is 31.7. The molecule has 1 atom stereocenters. The Morgan fingerprint density at radius 3 is 1.76 bits per heavy atom. The van der Waals surface area contributed by atoms with Gasteiger partial charge in [0.05, 0.1) is 0 Å². The summed E-state index contributed by atoms with van der Waals surface area (Å²) in [6.45, 7) is 3.50. The number of carbonyl (C=O) groups is 2. The van der Waals surface area contributed by atoms with E-state index in [4.69, 9.17) is 9.47 Å². The summed E-state index contributed by atoms with van der Waals surface area (Å²) >= 11 is 0. The highest BCUT2D eigenvalue weighted by Crippen LogP contribution is 2.36. The van der Waals surface area contributed by atoms with E-state index < -0.39 is 23.3 Å². The third-order valence-corrected chi connectivity index (χ3v) is 6.15. The smallest absolute Gasteiger partial charge is 0.328 e. The van der Waals surface area contributed by atoms with Crippen molar-refractivity contribution < 1.29 is 19.1 Å². The summed E-state index contributed by atoms with van der Waals surface area (Å²) < 4.78 is 11.3. The number of para-hydroxylation sites is 2. The van der Waals surface area contributed by atoms with Gasteiger partial charge < -0.3 is 9.47 Å². The molecule has 0 bridgehead atoms. The zero-order valence-electron chi connectivity index (χ0n) is 18.7. The van der Waals surface area contributed by atoms with E-state index in [-0.39, 0.29) is 0 Å². The van der Waals surface area contributed by atoms with E-state index in [1.807, 2.05) is 43.3 Å². The Kier molecular flexibility index (Phi) is 6.55. The quantitative estimate of drug-likeness (QED) is 0.195. The van der Waals surface area contributed by atoms with Crippen LogP contribution in [0.2, 0.25) is 0 Å². The van der Waals surface area contributed by atoms with Gasteiger partial charge >= 0.3 is 11.9 Å². The number of ether oxygens (including phenoxy) is 2. The van der Waals surface area contributed by atoms with Crippen LogP contribution in [-0.2, 0) is 16.0 Å². The molecule has 4 aromatic rings. The minimum Gasteiger partial charge on any atom is -0.426 e. The first-order valence-electron chi connectivity index (χ1n) is 11.0. The van der Waals surface area contributed by atoms with E-state index in [2.05, 4.69) is 18.2 Å². The number of hydrogen-bond donors (Lipinski definition) is 0. The fourth-order valence-corrected chi connectivity index (χ4v) is 3.89. The average Bonchev–Trinajstić information content (AvgIpc) is 2.85. The van der Waals surface area contributed by atoms with E-state index in [1.54, 1.807) is 55.5 Å². The molecule has 4 aromatic carbocycles. The van der Waals surface area contributed by atoms with Crippen LogP contribution in [-0.4, -0.2) is 11.9 Å². The lowest BCUT2D eigenvalue weighted by molar-refractivity contribution is -0.163. The summed E-state index contributed by atoms with van der Waals surface area (Å²) in [6.07, 6.45) is 0.506. The van der Waals surface area contributed by atoms with Crippen molar-refractivity contribution in [3.8, 4) is 11.5 Å². The highest BCUT2D eigenvalue weighted by Gasteiger charge is 2.49. The molecule has 4 rings (SSSR count). The molecule has 0 radical (unpaired) electrons. The van der Waals surface area contributed by atoms with Crippen LogP contribution in [0.4, 0.5) is 0 Å². The minimum absolute atomic E-state index is 0.388. The number of fused-ring (bicyclic) bond motifs is 1. The van der Waals surface area contributed by atoms with Crippen LogP contribution in [0.5, 0.6) is 11.5 Å². The third-order valence-electron chi connectivity index (χ3n) is 6.15. The van der Waals surface area contributed by atoms with Gasteiger partial charge in [0.15, 0.2) is 5.41 Å². The van der Waals surface area contributed by atoms with Gasteiger partial charge in [-0.15, -0.1) is 0 Å². The van der Waals surface area contributed by atoms with Gasteiger partial charge in [-0.3, -0.25) is 9.59 Å². The predicted octanol–water partition coefficient (Wildman–Crippen LogP) is 6.24. The normalized spacial score (nSPS) is 12.2. The molecule has 0 aromatic heterocycles. The molecule has 0 spiro atoms. The molecule has 0 saturated heterocycles. The highest BCUT2D eigenvalue weighted by molar-refractivity contribution is 6.01. The second-order valence-corrected chi connectivity index (χ2v) is 8.35. The van der Waals surface area contributed by atoms with Crippen LogP contribution in [0, 0.1) is 11.3 Å². The van der Waals surface area contributed by atoms with Crippen LogP contribution < -0.4 is 9.47 Å². The molecule has 0 aliphatic carbocycles. The molecule has 0 amide bonds. The maximum absolute atomic E-state index is 13.4. The van der Waals surface area contributed by atoms with Gasteiger partial charge in [-0.05, 0) is 59.9 Å². The second-order valence-electron chi connectivity index (χ2n) is 8.35. The molecule has 166 valence electrons. The molecule has 4 nitrogen and oxygen atoms in total. The Labute approximate surface area is 193 Å². The lowest BCUT2D eigenvalue weighted by atomic mass is 9.74. The largest absolute Gasteiger partial charge is 0.426 e. The van der Waals surface area contributed by atoms with Crippen LogP contribution in [0.25, 0.3) is 10.8 Å². The van der Waals surface area contributed by atoms with Crippen molar-refractivity contribution >= 4 is 22.7 Å². The Balaban J connectivity index is 1.67. The first-order chi connectivity index (χ1) is 16.0. The molecule has 4 heteroatoms. The SMILES string of the molecule is CC(Cc1cccc2ccccc12)C(C)(C(=O)Oc1ccccc1)C(=O)Oc1ccccc1. The molecule has 0 aliphatic rings. The average molecular weight is 439 g/mol. The van der Waals surface area contributed by atoms with Crippen molar-refractivity contribution in [2.45, 2.75) is 20.3 Å². The van der Waals surface area contributed by atoms with E-state index >= 15 is 0 Å². The topological polar surface area (TPSA) is 52.6 Å². The van der Waals surface area contributed by atoms with Crippen molar-refractivity contribution in [1.82, 2.24) is 0 Å². The maximum Gasteiger partial charge on any atom is 0.328 e. The van der Waals surface area contributed by atoms with Gasteiger partial charge in [0.2, 0.25) is 0 Å². The van der Waals surface area contributed by atoms with Crippen molar-refractivity contribution in [3.63, 3.8) is 0 Å². The summed E-state index contributed by atoms with van der Waals surface area (Å²) in [4.78, 5) is 26.9. The lowest BCUT2D eigenvalue weighted by Gasteiger charge is -2.31. The molecular weight excluding hydrogens is 412 g/mol. The van der Waals surface area contributed by atoms with Crippen LogP contribution in [0.15, 0.2) is 103 Å². The van der Waals surface area contributed by atoms with Gasteiger partial charge in [0, 0.05) is 0 Å². The van der Waals surface area contributed by atoms with E-state index in [1.165, 1.54) is 0 Å². The number of rotatable bonds is 7. The van der Waals surface area contributed by atoms with Crippen LogP contribution in [0.1, 0.15) is 19.4 Å². The summed E-state index contributed by atoms with van der Waals surface area (Å²) in [5.41, 5.74) is -0.463. The summed E-state index contributed by atoms with van der Waals surface area (Å²) in [7, 11) is 0. The first-order valence-corrected chi connectivity index (χ1v) is 11.0. The van der Waals surface area contributed by atoms with Gasteiger partial charge in [0.25, 0.3) is 0 Å². The monoisotopic (exact) mass is 438 g/mol. The van der Waals surface area contributed by atoms with Crippen molar-refractivity contribution in [2.24, 2.45) is 11.3 Å².